The van der Waals surface area contributed by atoms with Crippen molar-refractivity contribution >= 4 is 29.4 Å². The lowest BCUT2D eigenvalue weighted by Crippen LogP contribution is -2.17. The second-order valence-corrected chi connectivity index (χ2v) is 6.76. The Bertz CT molecular complexity index is 1120. The fourth-order valence-corrected chi connectivity index (χ4v) is 2.87. The first kappa shape index (κ1) is 21.8. The van der Waals surface area contributed by atoms with Crippen LogP contribution in [0.5, 0.6) is 11.5 Å². The van der Waals surface area contributed by atoms with Crippen LogP contribution in [-0.2, 0) is 6.61 Å². The second kappa shape index (κ2) is 10.2. The molecule has 0 saturated carbocycles. The molecule has 0 saturated heterocycles. The SMILES string of the molecule is COc1ccc(/C=N/NC(=O)c2cccc(Cl)c2)cc1COc1ccc([N+](=O)[O-])cc1. The lowest BCUT2D eigenvalue weighted by molar-refractivity contribution is -0.384. The Labute approximate surface area is 183 Å². The molecule has 0 heterocycles. The van der Waals surface area contributed by atoms with E-state index in [2.05, 4.69) is 10.5 Å². The Morgan fingerprint density at radius 1 is 1.16 bits per heavy atom. The summed E-state index contributed by atoms with van der Waals surface area (Å²) in [5, 5.41) is 15.2. The van der Waals surface area contributed by atoms with Crippen molar-refractivity contribution in [2.75, 3.05) is 7.11 Å². The number of methoxy groups -OCH3 is 1. The first-order valence-electron chi connectivity index (χ1n) is 9.09. The summed E-state index contributed by atoms with van der Waals surface area (Å²) < 4.78 is 11.1. The van der Waals surface area contributed by atoms with Gasteiger partial charge in [-0.25, -0.2) is 5.43 Å². The molecule has 158 valence electrons. The van der Waals surface area contributed by atoms with Crippen LogP contribution in [0.15, 0.2) is 71.8 Å². The van der Waals surface area contributed by atoms with Gasteiger partial charge in [-0.3, -0.25) is 14.9 Å². The number of hydrogen-bond acceptors (Lipinski definition) is 6. The smallest absolute Gasteiger partial charge is 0.271 e. The molecule has 0 aliphatic carbocycles. The third-order valence-electron chi connectivity index (χ3n) is 4.21. The minimum absolute atomic E-state index is 0.0111. The summed E-state index contributed by atoms with van der Waals surface area (Å²) in [6.45, 7) is 0.178. The topological polar surface area (TPSA) is 103 Å². The highest BCUT2D eigenvalue weighted by Gasteiger charge is 2.08. The highest BCUT2D eigenvalue weighted by Crippen LogP contribution is 2.23. The standard InChI is InChI=1S/C22H18ClN3O5/c1-30-21-10-5-15(13-24-25-22(27)16-3-2-4-18(23)12-16)11-17(21)14-31-20-8-6-19(7-9-20)26(28)29/h2-13H,14H2,1H3,(H,25,27)/b24-13+. The normalized spacial score (nSPS) is 10.6. The summed E-state index contributed by atoms with van der Waals surface area (Å²) in [7, 11) is 1.55. The maximum Gasteiger partial charge on any atom is 0.271 e. The molecule has 9 heteroatoms. The van der Waals surface area contributed by atoms with E-state index in [4.69, 9.17) is 21.1 Å². The van der Waals surface area contributed by atoms with Crippen molar-refractivity contribution in [3.8, 4) is 11.5 Å². The fraction of sp³-hybridized carbons (Fsp3) is 0.0909. The van der Waals surface area contributed by atoms with Gasteiger partial charge in [0.25, 0.3) is 11.6 Å². The Kier molecular flexibility index (Phi) is 7.18. The number of benzene rings is 3. The maximum atomic E-state index is 12.1. The minimum Gasteiger partial charge on any atom is -0.496 e. The molecule has 3 aromatic carbocycles. The van der Waals surface area contributed by atoms with Gasteiger partial charge < -0.3 is 9.47 Å². The van der Waals surface area contributed by atoms with Gasteiger partial charge in [0.2, 0.25) is 0 Å². The summed E-state index contributed by atoms with van der Waals surface area (Å²) in [5.74, 6) is 0.719. The van der Waals surface area contributed by atoms with Crippen molar-refractivity contribution in [2.24, 2.45) is 5.10 Å². The van der Waals surface area contributed by atoms with Gasteiger partial charge in [-0.2, -0.15) is 5.10 Å². The van der Waals surface area contributed by atoms with E-state index in [9.17, 15) is 14.9 Å². The molecule has 8 nitrogen and oxygen atoms in total. The van der Waals surface area contributed by atoms with Crippen LogP contribution in [-0.4, -0.2) is 24.2 Å². The molecule has 0 unspecified atom stereocenters. The molecule has 31 heavy (non-hydrogen) atoms. The molecule has 0 spiro atoms. The summed E-state index contributed by atoms with van der Waals surface area (Å²) in [6.07, 6.45) is 1.50. The van der Waals surface area contributed by atoms with E-state index in [1.165, 1.54) is 30.5 Å². The predicted octanol–water partition coefficient (Wildman–Crippen LogP) is 4.60. The van der Waals surface area contributed by atoms with Crippen molar-refractivity contribution in [3.63, 3.8) is 0 Å². The fourth-order valence-electron chi connectivity index (χ4n) is 2.68. The van der Waals surface area contributed by atoms with Gasteiger partial charge in [0.05, 0.1) is 18.2 Å². The van der Waals surface area contributed by atoms with Gasteiger partial charge in [0.15, 0.2) is 0 Å². The van der Waals surface area contributed by atoms with Gasteiger partial charge in [0.1, 0.15) is 18.1 Å². The lowest BCUT2D eigenvalue weighted by atomic mass is 10.1. The predicted molar refractivity (Wildman–Crippen MR) is 117 cm³/mol. The summed E-state index contributed by atoms with van der Waals surface area (Å²) in [4.78, 5) is 22.4. The van der Waals surface area contributed by atoms with E-state index in [0.29, 0.717) is 22.1 Å². The van der Waals surface area contributed by atoms with Crippen molar-refractivity contribution in [1.82, 2.24) is 5.43 Å². The zero-order chi connectivity index (χ0) is 22.2. The number of non-ortho nitro benzene ring substituents is 1. The van der Waals surface area contributed by atoms with Crippen LogP contribution in [0.3, 0.4) is 0 Å². The number of amides is 1. The molecule has 0 fully saturated rings. The summed E-state index contributed by atoms with van der Waals surface area (Å²) >= 11 is 5.89. The number of nitrogens with zero attached hydrogens (tertiary/aromatic N) is 2. The van der Waals surface area contributed by atoms with Crippen molar-refractivity contribution < 1.29 is 19.2 Å². The molecule has 0 bridgehead atoms. The van der Waals surface area contributed by atoms with Crippen LogP contribution in [0.2, 0.25) is 5.02 Å². The van der Waals surface area contributed by atoms with E-state index in [1.54, 1.807) is 49.6 Å². The van der Waals surface area contributed by atoms with Crippen molar-refractivity contribution in [2.45, 2.75) is 6.61 Å². The molecule has 1 amide bonds. The highest BCUT2D eigenvalue weighted by atomic mass is 35.5. The van der Waals surface area contributed by atoms with Gasteiger partial charge in [-0.1, -0.05) is 17.7 Å². The molecule has 3 rings (SSSR count). The van der Waals surface area contributed by atoms with Gasteiger partial charge in [-0.15, -0.1) is 0 Å². The van der Waals surface area contributed by atoms with Gasteiger partial charge in [0, 0.05) is 28.3 Å². The van der Waals surface area contributed by atoms with Crippen molar-refractivity contribution in [3.05, 3.63) is 98.6 Å². The quantitative estimate of drug-likeness (QED) is 0.314. The van der Waals surface area contributed by atoms with Crippen LogP contribution >= 0.6 is 11.6 Å². The summed E-state index contributed by atoms with van der Waals surface area (Å²) in [6, 6.07) is 17.7. The van der Waals surface area contributed by atoms with Crippen LogP contribution < -0.4 is 14.9 Å². The van der Waals surface area contributed by atoms with E-state index in [-0.39, 0.29) is 18.2 Å². The molecule has 1 N–H and O–H groups in total. The van der Waals surface area contributed by atoms with Crippen LogP contribution in [0.25, 0.3) is 0 Å². The van der Waals surface area contributed by atoms with E-state index < -0.39 is 4.92 Å². The number of hydrogen-bond donors (Lipinski definition) is 1. The summed E-state index contributed by atoms with van der Waals surface area (Å²) in [5.41, 5.74) is 4.30. The zero-order valence-corrected chi connectivity index (χ0v) is 17.2. The molecular weight excluding hydrogens is 422 g/mol. The number of rotatable bonds is 8. The first-order chi connectivity index (χ1) is 15.0. The average molecular weight is 440 g/mol. The molecule has 0 radical (unpaired) electrons. The Hall–Kier alpha value is -3.91. The number of nitrogens with one attached hydrogen (secondary N) is 1. The third kappa shape index (κ3) is 6.03. The third-order valence-corrected chi connectivity index (χ3v) is 4.45. The molecule has 0 aromatic heterocycles. The van der Waals surface area contributed by atoms with Crippen LogP contribution in [0.1, 0.15) is 21.5 Å². The highest BCUT2D eigenvalue weighted by molar-refractivity contribution is 6.30. The number of hydrazone groups is 1. The van der Waals surface area contributed by atoms with Crippen LogP contribution in [0, 0.1) is 10.1 Å². The molecular formula is C22H18ClN3O5. The Morgan fingerprint density at radius 3 is 2.61 bits per heavy atom. The van der Waals surface area contributed by atoms with E-state index in [0.717, 1.165) is 11.1 Å². The number of halogens is 1. The number of carbonyl (C=O) groups excluding carboxylic acids is 1. The largest absolute Gasteiger partial charge is 0.496 e. The van der Waals surface area contributed by atoms with Crippen LogP contribution in [0.4, 0.5) is 5.69 Å². The number of carbonyl (C=O) groups is 1. The monoisotopic (exact) mass is 439 g/mol. The second-order valence-electron chi connectivity index (χ2n) is 6.32. The Morgan fingerprint density at radius 2 is 1.94 bits per heavy atom. The lowest BCUT2D eigenvalue weighted by Gasteiger charge is -2.11. The average Bonchev–Trinajstić information content (AvgIpc) is 2.78. The molecule has 0 aliphatic heterocycles. The number of nitro benzene ring substituents is 1. The van der Waals surface area contributed by atoms with Crippen molar-refractivity contribution in [1.29, 1.82) is 0 Å². The van der Waals surface area contributed by atoms with Gasteiger partial charge >= 0.3 is 0 Å². The Balaban J connectivity index is 1.66. The number of ether oxygens (including phenoxy) is 2. The molecule has 0 aliphatic rings. The first-order valence-corrected chi connectivity index (χ1v) is 9.47. The zero-order valence-electron chi connectivity index (χ0n) is 16.4. The minimum atomic E-state index is -0.471. The van der Waals surface area contributed by atoms with E-state index in [1.807, 2.05) is 0 Å². The maximum absolute atomic E-state index is 12.1. The molecule has 0 atom stereocenters. The van der Waals surface area contributed by atoms with E-state index >= 15 is 0 Å². The number of nitro groups is 1. The molecule has 3 aromatic rings. The van der Waals surface area contributed by atoms with Gasteiger partial charge in [-0.05, 0) is 54.1 Å².